The molecule has 1 aliphatic carbocycles. The lowest BCUT2D eigenvalue weighted by atomic mass is 9.88. The van der Waals surface area contributed by atoms with Gasteiger partial charge in [0.15, 0.2) is 11.4 Å². The van der Waals surface area contributed by atoms with Crippen LogP contribution in [0.1, 0.15) is 51.4 Å². The third kappa shape index (κ3) is 3.20. The topological polar surface area (TPSA) is 102 Å². The second-order valence-corrected chi connectivity index (χ2v) is 9.68. The van der Waals surface area contributed by atoms with Crippen LogP contribution in [0.2, 0.25) is 0 Å². The number of carbonyl (C=O) groups is 1. The molecule has 7 rings (SSSR count). The molecule has 2 atom stereocenters. The molecule has 2 aliphatic heterocycles. The van der Waals surface area contributed by atoms with Gasteiger partial charge in [-0.1, -0.05) is 6.07 Å². The first kappa shape index (κ1) is 22.3. The molecule has 188 valence electrons. The van der Waals surface area contributed by atoms with Crippen molar-refractivity contribution in [2.24, 2.45) is 0 Å². The van der Waals surface area contributed by atoms with Crippen LogP contribution in [0.5, 0.6) is 5.75 Å². The molecule has 3 aliphatic rings. The van der Waals surface area contributed by atoms with E-state index in [2.05, 4.69) is 9.97 Å². The van der Waals surface area contributed by atoms with Crippen LogP contribution in [0.15, 0.2) is 48.9 Å². The number of fused-ring (bicyclic) bond motifs is 9. The van der Waals surface area contributed by atoms with E-state index in [9.17, 15) is 18.7 Å². The van der Waals surface area contributed by atoms with E-state index in [0.29, 0.717) is 23.4 Å². The molecule has 0 unspecified atom stereocenters. The summed E-state index contributed by atoms with van der Waals surface area (Å²) in [5.41, 5.74) is 3.68. The van der Waals surface area contributed by atoms with Crippen LogP contribution < -0.4 is 4.74 Å². The van der Waals surface area contributed by atoms with Crippen molar-refractivity contribution in [2.45, 2.75) is 30.6 Å². The Kier molecular flexibility index (Phi) is 4.67. The zero-order chi connectivity index (χ0) is 25.5. The predicted molar refractivity (Wildman–Crippen MR) is 125 cm³/mol. The molecule has 2 bridgehead atoms. The van der Waals surface area contributed by atoms with Crippen LogP contribution in [0.25, 0.3) is 16.6 Å². The van der Waals surface area contributed by atoms with Crippen molar-refractivity contribution >= 4 is 11.4 Å². The van der Waals surface area contributed by atoms with E-state index in [1.54, 1.807) is 41.0 Å². The summed E-state index contributed by atoms with van der Waals surface area (Å²) < 4.78 is 38.3. The Labute approximate surface area is 209 Å². The van der Waals surface area contributed by atoms with Gasteiger partial charge in [-0.15, -0.1) is 0 Å². The second kappa shape index (κ2) is 7.77. The van der Waals surface area contributed by atoms with Gasteiger partial charge in [-0.3, -0.25) is 4.79 Å². The van der Waals surface area contributed by atoms with Gasteiger partial charge in [0.05, 0.1) is 30.5 Å². The fraction of sp³-hybridized carbons (Fsp3) is 0.308. The van der Waals surface area contributed by atoms with Crippen LogP contribution in [0.3, 0.4) is 0 Å². The molecule has 1 saturated heterocycles. The number of nitrogens with zero attached hydrogens (tertiary/aromatic N) is 5. The van der Waals surface area contributed by atoms with Gasteiger partial charge in [-0.05, 0) is 36.2 Å². The molecule has 0 spiro atoms. The molecule has 0 radical (unpaired) electrons. The Bertz CT molecular complexity index is 1570. The Morgan fingerprint density at radius 2 is 1.95 bits per heavy atom. The van der Waals surface area contributed by atoms with Crippen LogP contribution >= 0.6 is 0 Å². The number of amides is 1. The van der Waals surface area contributed by atoms with E-state index in [1.807, 2.05) is 18.3 Å². The van der Waals surface area contributed by atoms with Gasteiger partial charge in [0.25, 0.3) is 5.91 Å². The number of aliphatic hydroxyl groups is 1. The minimum atomic E-state index is -3.01. The van der Waals surface area contributed by atoms with E-state index in [0.717, 1.165) is 27.9 Å². The van der Waals surface area contributed by atoms with Gasteiger partial charge in [-0.25, -0.2) is 14.5 Å². The van der Waals surface area contributed by atoms with Crippen LogP contribution in [-0.4, -0.2) is 62.4 Å². The zero-order valence-electron chi connectivity index (χ0n) is 19.6. The van der Waals surface area contributed by atoms with Crippen molar-refractivity contribution in [2.75, 3.05) is 20.3 Å². The first-order valence-electron chi connectivity index (χ1n) is 11.8. The summed E-state index contributed by atoms with van der Waals surface area (Å²) in [6, 6.07) is 8.24. The standard InChI is InChI=1S/C26H21F2N5O4/c1-32-18-8-16(20-15(23(32)34)3-2-4-19(20)37-25(27)28)21-17-7-13(5-6-33(17)31-22(18)21)14-9-29-24(30-10-14)26(35)11-36-12-26/h2-7,9-10,16,18,25,35H,8,11-12H2,1H3/t16-,18-/m1/s1. The van der Waals surface area contributed by atoms with Gasteiger partial charge in [0.1, 0.15) is 5.75 Å². The maximum absolute atomic E-state index is 13.3. The summed E-state index contributed by atoms with van der Waals surface area (Å²) in [4.78, 5) is 23.6. The summed E-state index contributed by atoms with van der Waals surface area (Å²) in [7, 11) is 1.71. The predicted octanol–water partition coefficient (Wildman–Crippen LogP) is 3.27. The first-order valence-corrected chi connectivity index (χ1v) is 11.8. The van der Waals surface area contributed by atoms with Gasteiger partial charge < -0.3 is 19.5 Å². The average molecular weight is 505 g/mol. The normalized spacial score (nSPS) is 21.5. The molecular weight excluding hydrogens is 484 g/mol. The Morgan fingerprint density at radius 3 is 2.65 bits per heavy atom. The lowest BCUT2D eigenvalue weighted by Crippen LogP contribution is -2.47. The second-order valence-electron chi connectivity index (χ2n) is 9.68. The van der Waals surface area contributed by atoms with Crippen molar-refractivity contribution in [3.8, 4) is 16.9 Å². The Balaban J connectivity index is 1.37. The average Bonchev–Trinajstić information content (AvgIpc) is 3.40. The number of pyridine rings is 1. The SMILES string of the molecule is CN1C(=O)c2cccc(OC(F)F)c2[C@H]2C[C@@H]1c1nn3ccc(-c4cnc(C5(O)COC5)nc4)cc3c12. The van der Waals surface area contributed by atoms with Crippen molar-refractivity contribution < 1.29 is 28.2 Å². The molecule has 4 aromatic rings. The highest BCUT2D eigenvalue weighted by Crippen LogP contribution is 2.53. The summed E-state index contributed by atoms with van der Waals surface area (Å²) in [6.07, 6.45) is 5.65. The lowest BCUT2D eigenvalue weighted by Gasteiger charge is -2.34. The van der Waals surface area contributed by atoms with E-state index in [-0.39, 0.29) is 36.8 Å². The van der Waals surface area contributed by atoms with Crippen molar-refractivity contribution in [1.29, 1.82) is 0 Å². The highest BCUT2D eigenvalue weighted by molar-refractivity contribution is 5.98. The highest BCUT2D eigenvalue weighted by Gasteiger charge is 2.46. The molecule has 1 aromatic carbocycles. The molecule has 1 N–H and O–H groups in total. The van der Waals surface area contributed by atoms with E-state index < -0.39 is 12.2 Å². The number of benzene rings is 1. The van der Waals surface area contributed by atoms with Crippen molar-refractivity contribution in [3.63, 3.8) is 0 Å². The molecular formula is C26H21F2N5O4. The van der Waals surface area contributed by atoms with E-state index in [1.165, 1.54) is 6.07 Å². The maximum Gasteiger partial charge on any atom is 0.387 e. The number of aromatic nitrogens is 4. The largest absolute Gasteiger partial charge is 0.434 e. The number of ether oxygens (including phenoxy) is 2. The molecule has 1 fully saturated rings. The van der Waals surface area contributed by atoms with Crippen LogP contribution in [0.4, 0.5) is 8.78 Å². The smallest absolute Gasteiger partial charge is 0.387 e. The molecule has 0 saturated carbocycles. The van der Waals surface area contributed by atoms with E-state index >= 15 is 0 Å². The fourth-order valence-electron chi connectivity index (χ4n) is 5.68. The molecule has 9 nitrogen and oxygen atoms in total. The molecule has 37 heavy (non-hydrogen) atoms. The summed E-state index contributed by atoms with van der Waals surface area (Å²) >= 11 is 0. The minimum absolute atomic E-state index is 0.00477. The maximum atomic E-state index is 13.3. The fourth-order valence-corrected chi connectivity index (χ4v) is 5.68. The number of hydrogen-bond acceptors (Lipinski definition) is 7. The molecule has 3 aromatic heterocycles. The number of rotatable bonds is 4. The molecule has 11 heteroatoms. The van der Waals surface area contributed by atoms with Gasteiger partial charge in [0, 0.05) is 53.8 Å². The third-order valence-electron chi connectivity index (χ3n) is 7.56. The Morgan fingerprint density at radius 1 is 1.16 bits per heavy atom. The molecule has 5 heterocycles. The quantitative estimate of drug-likeness (QED) is 0.454. The van der Waals surface area contributed by atoms with Gasteiger partial charge >= 0.3 is 6.61 Å². The highest BCUT2D eigenvalue weighted by atomic mass is 19.3. The van der Waals surface area contributed by atoms with E-state index in [4.69, 9.17) is 14.6 Å². The van der Waals surface area contributed by atoms with Gasteiger partial charge in [0.2, 0.25) is 0 Å². The minimum Gasteiger partial charge on any atom is -0.434 e. The number of alkyl halides is 2. The summed E-state index contributed by atoms with van der Waals surface area (Å²) in [5.74, 6) is -0.278. The van der Waals surface area contributed by atoms with Crippen molar-refractivity contribution in [3.05, 3.63) is 77.1 Å². The zero-order valence-corrected chi connectivity index (χ0v) is 19.6. The molecule has 1 amide bonds. The van der Waals surface area contributed by atoms with Gasteiger partial charge in [-0.2, -0.15) is 13.9 Å². The van der Waals surface area contributed by atoms with Crippen LogP contribution in [-0.2, 0) is 10.3 Å². The Hall–Kier alpha value is -3.96. The van der Waals surface area contributed by atoms with Crippen molar-refractivity contribution in [1.82, 2.24) is 24.5 Å². The van der Waals surface area contributed by atoms with Crippen LogP contribution in [0, 0.1) is 0 Å². The summed E-state index contributed by atoms with van der Waals surface area (Å²) in [6.45, 7) is -2.68. The lowest BCUT2D eigenvalue weighted by molar-refractivity contribution is -0.189. The first-order chi connectivity index (χ1) is 17.8. The summed E-state index contributed by atoms with van der Waals surface area (Å²) in [5, 5.41) is 15.2. The number of hydrogen-bond donors (Lipinski definition) is 1. The third-order valence-corrected chi connectivity index (χ3v) is 7.56. The number of halogens is 2. The monoisotopic (exact) mass is 505 g/mol. The number of carbonyl (C=O) groups excluding carboxylic acids is 1.